The zero-order chi connectivity index (χ0) is 14.4. The van der Waals surface area contributed by atoms with Crippen LogP contribution < -0.4 is 11.3 Å². The molecular formula is C17H22N2S. The van der Waals surface area contributed by atoms with Crippen LogP contribution in [0, 0.1) is 6.92 Å². The van der Waals surface area contributed by atoms with Crippen molar-refractivity contribution in [3.05, 3.63) is 65.2 Å². The summed E-state index contributed by atoms with van der Waals surface area (Å²) >= 11 is 1.86. The molecule has 2 aromatic carbocycles. The van der Waals surface area contributed by atoms with Crippen LogP contribution in [0.2, 0.25) is 0 Å². The van der Waals surface area contributed by atoms with E-state index in [-0.39, 0.29) is 6.04 Å². The van der Waals surface area contributed by atoms with Crippen LogP contribution in [0.5, 0.6) is 0 Å². The van der Waals surface area contributed by atoms with Crippen molar-refractivity contribution in [2.75, 3.05) is 5.75 Å². The van der Waals surface area contributed by atoms with E-state index >= 15 is 0 Å². The minimum absolute atomic E-state index is 0.151. The second-order valence-electron chi connectivity index (χ2n) is 4.91. The summed E-state index contributed by atoms with van der Waals surface area (Å²) in [5.41, 5.74) is 6.74. The lowest BCUT2D eigenvalue weighted by Crippen LogP contribution is -2.29. The van der Waals surface area contributed by atoms with Gasteiger partial charge in [0.25, 0.3) is 0 Å². The highest BCUT2D eigenvalue weighted by atomic mass is 32.2. The van der Waals surface area contributed by atoms with Crippen LogP contribution in [0.25, 0.3) is 0 Å². The van der Waals surface area contributed by atoms with Crippen molar-refractivity contribution in [3.63, 3.8) is 0 Å². The number of hydrazine groups is 1. The molecule has 0 aliphatic heterocycles. The van der Waals surface area contributed by atoms with E-state index in [4.69, 9.17) is 5.84 Å². The summed E-state index contributed by atoms with van der Waals surface area (Å²) in [6.45, 7) is 4.27. The molecule has 0 fully saturated rings. The molecule has 106 valence electrons. The lowest BCUT2D eigenvalue weighted by Gasteiger charge is -2.17. The zero-order valence-corrected chi connectivity index (χ0v) is 12.9. The van der Waals surface area contributed by atoms with Gasteiger partial charge in [-0.25, -0.2) is 0 Å². The smallest absolute Gasteiger partial charge is 0.0500 e. The van der Waals surface area contributed by atoms with E-state index in [9.17, 15) is 0 Å². The first-order valence-electron chi connectivity index (χ1n) is 6.97. The molecule has 0 aliphatic rings. The maximum Gasteiger partial charge on any atom is 0.0500 e. The van der Waals surface area contributed by atoms with E-state index in [1.807, 2.05) is 11.8 Å². The number of thioether (sulfide) groups is 1. The lowest BCUT2D eigenvalue weighted by molar-refractivity contribution is 0.551. The molecule has 0 radical (unpaired) electrons. The molecule has 3 N–H and O–H groups in total. The van der Waals surface area contributed by atoms with Crippen molar-refractivity contribution in [1.29, 1.82) is 0 Å². The Morgan fingerprint density at radius 3 is 2.25 bits per heavy atom. The molecule has 2 nitrogen and oxygen atoms in total. The molecule has 0 saturated carbocycles. The third-order valence-corrected chi connectivity index (χ3v) is 4.25. The van der Waals surface area contributed by atoms with E-state index in [1.165, 1.54) is 21.6 Å². The first-order chi connectivity index (χ1) is 9.72. The molecule has 0 amide bonds. The van der Waals surface area contributed by atoms with Gasteiger partial charge in [0, 0.05) is 10.9 Å². The first-order valence-corrected chi connectivity index (χ1v) is 7.96. The van der Waals surface area contributed by atoms with Crippen LogP contribution in [0.1, 0.15) is 29.7 Å². The van der Waals surface area contributed by atoms with Gasteiger partial charge in [0.1, 0.15) is 0 Å². The van der Waals surface area contributed by atoms with E-state index in [0.717, 1.165) is 12.2 Å². The van der Waals surface area contributed by atoms with Crippen LogP contribution in [-0.2, 0) is 6.42 Å². The molecule has 0 saturated heterocycles. The molecular weight excluding hydrogens is 264 g/mol. The molecule has 1 unspecified atom stereocenters. The third kappa shape index (κ3) is 4.10. The standard InChI is InChI=1S/C17H22N2S/c1-3-20-16-10-8-15(9-11-16)17(19-18)12-14-6-4-13(2)5-7-14/h4-11,17,19H,3,12,18H2,1-2H3. The monoisotopic (exact) mass is 286 g/mol. The average molecular weight is 286 g/mol. The lowest BCUT2D eigenvalue weighted by atomic mass is 9.99. The Bertz CT molecular complexity index is 520. The van der Waals surface area contributed by atoms with Crippen LogP contribution in [0.15, 0.2) is 53.4 Å². The van der Waals surface area contributed by atoms with Crippen molar-refractivity contribution >= 4 is 11.8 Å². The number of aryl methyl sites for hydroxylation is 1. The Hall–Kier alpha value is -1.29. The van der Waals surface area contributed by atoms with Crippen LogP contribution in [0.3, 0.4) is 0 Å². The van der Waals surface area contributed by atoms with Gasteiger partial charge in [-0.3, -0.25) is 11.3 Å². The summed E-state index contributed by atoms with van der Waals surface area (Å²) in [6.07, 6.45) is 0.900. The predicted octanol–water partition coefficient (Wildman–Crippen LogP) is 3.85. The van der Waals surface area contributed by atoms with Gasteiger partial charge < -0.3 is 0 Å². The highest BCUT2D eigenvalue weighted by Crippen LogP contribution is 2.22. The quantitative estimate of drug-likeness (QED) is 0.481. The Balaban J connectivity index is 2.09. The Kier molecular flexibility index (Phi) is 5.65. The van der Waals surface area contributed by atoms with Crippen LogP contribution in [-0.4, -0.2) is 5.75 Å². The Labute approximate surface area is 125 Å². The number of rotatable bonds is 6. The van der Waals surface area contributed by atoms with E-state index in [0.29, 0.717) is 0 Å². The highest BCUT2D eigenvalue weighted by molar-refractivity contribution is 7.99. The largest absolute Gasteiger partial charge is 0.271 e. The third-order valence-electron chi connectivity index (χ3n) is 3.36. The molecule has 3 heteroatoms. The molecule has 20 heavy (non-hydrogen) atoms. The van der Waals surface area contributed by atoms with Gasteiger partial charge in [0.05, 0.1) is 0 Å². The van der Waals surface area contributed by atoms with Crippen molar-refractivity contribution < 1.29 is 0 Å². The van der Waals surface area contributed by atoms with E-state index in [2.05, 4.69) is 67.8 Å². The highest BCUT2D eigenvalue weighted by Gasteiger charge is 2.10. The summed E-state index contributed by atoms with van der Waals surface area (Å²) in [7, 11) is 0. The predicted molar refractivity (Wildman–Crippen MR) is 87.8 cm³/mol. The van der Waals surface area contributed by atoms with Crippen LogP contribution >= 0.6 is 11.8 Å². The number of hydrogen-bond donors (Lipinski definition) is 2. The van der Waals surface area contributed by atoms with Crippen molar-refractivity contribution in [2.24, 2.45) is 5.84 Å². The number of nitrogens with one attached hydrogen (secondary N) is 1. The summed E-state index contributed by atoms with van der Waals surface area (Å²) in [4.78, 5) is 1.31. The Morgan fingerprint density at radius 1 is 1.05 bits per heavy atom. The van der Waals surface area contributed by atoms with Gasteiger partial charge in [-0.1, -0.05) is 48.9 Å². The van der Waals surface area contributed by atoms with Gasteiger partial charge in [-0.15, -0.1) is 11.8 Å². The molecule has 2 rings (SSSR count). The van der Waals surface area contributed by atoms with Crippen LogP contribution in [0.4, 0.5) is 0 Å². The zero-order valence-electron chi connectivity index (χ0n) is 12.1. The fourth-order valence-corrected chi connectivity index (χ4v) is 2.86. The number of benzene rings is 2. The molecule has 1 atom stereocenters. The SMILES string of the molecule is CCSc1ccc(C(Cc2ccc(C)cc2)NN)cc1. The average Bonchev–Trinajstić information content (AvgIpc) is 2.48. The molecule has 0 aromatic heterocycles. The molecule has 2 aromatic rings. The van der Waals surface area contributed by atoms with Gasteiger partial charge >= 0.3 is 0 Å². The summed E-state index contributed by atoms with van der Waals surface area (Å²) < 4.78 is 0. The van der Waals surface area contributed by atoms with E-state index in [1.54, 1.807) is 0 Å². The number of nitrogens with two attached hydrogens (primary N) is 1. The summed E-state index contributed by atoms with van der Waals surface area (Å²) in [5, 5.41) is 0. The molecule has 0 heterocycles. The number of hydrogen-bond acceptors (Lipinski definition) is 3. The minimum atomic E-state index is 0.151. The second kappa shape index (κ2) is 7.48. The fourth-order valence-electron chi connectivity index (χ4n) is 2.20. The topological polar surface area (TPSA) is 38.0 Å². The fraction of sp³-hybridized carbons (Fsp3) is 0.294. The van der Waals surface area contributed by atoms with Crippen molar-refractivity contribution in [2.45, 2.75) is 31.2 Å². The maximum absolute atomic E-state index is 5.72. The van der Waals surface area contributed by atoms with Gasteiger partial charge in [-0.2, -0.15) is 0 Å². The summed E-state index contributed by atoms with van der Waals surface area (Å²) in [5.74, 6) is 6.82. The minimum Gasteiger partial charge on any atom is -0.271 e. The Morgan fingerprint density at radius 2 is 1.70 bits per heavy atom. The normalized spacial score (nSPS) is 12.3. The van der Waals surface area contributed by atoms with Gasteiger partial charge in [0.2, 0.25) is 0 Å². The summed E-state index contributed by atoms with van der Waals surface area (Å²) in [6, 6.07) is 17.4. The van der Waals surface area contributed by atoms with E-state index < -0.39 is 0 Å². The van der Waals surface area contributed by atoms with Crippen molar-refractivity contribution in [1.82, 2.24) is 5.43 Å². The van der Waals surface area contributed by atoms with Crippen molar-refractivity contribution in [3.8, 4) is 0 Å². The molecule has 0 aliphatic carbocycles. The molecule has 0 bridgehead atoms. The first kappa shape index (κ1) is 15.1. The van der Waals surface area contributed by atoms with Gasteiger partial charge in [-0.05, 0) is 42.4 Å². The molecule has 0 spiro atoms. The second-order valence-corrected chi connectivity index (χ2v) is 6.25. The maximum atomic E-state index is 5.72. The van der Waals surface area contributed by atoms with Gasteiger partial charge in [0.15, 0.2) is 0 Å².